The Morgan fingerprint density at radius 1 is 1.00 bits per heavy atom. The van der Waals surface area contributed by atoms with Crippen LogP contribution in [0.1, 0.15) is 16.1 Å². The van der Waals surface area contributed by atoms with Crippen molar-refractivity contribution in [3.05, 3.63) is 34.3 Å². The topological polar surface area (TPSA) is 25.8 Å². The van der Waals surface area contributed by atoms with Crippen LogP contribution < -0.4 is 0 Å². The summed E-state index contributed by atoms with van der Waals surface area (Å²) >= 11 is 1.63. The van der Waals surface area contributed by atoms with Crippen molar-refractivity contribution >= 4 is 11.3 Å². The van der Waals surface area contributed by atoms with E-state index >= 15 is 0 Å². The Kier molecular flexibility index (Phi) is 2.33. The van der Waals surface area contributed by atoms with Crippen LogP contribution in [0.25, 0.3) is 10.6 Å². The molecule has 0 saturated heterocycles. The molecule has 72 valence electrons. The molecule has 0 amide bonds. The minimum Gasteiger partial charge on any atom is -0.143 e. The molecule has 3 heteroatoms. The van der Waals surface area contributed by atoms with Crippen molar-refractivity contribution in [1.29, 1.82) is 0 Å². The number of aryl methyl sites for hydroxylation is 3. The Morgan fingerprint density at radius 2 is 1.79 bits per heavy atom. The van der Waals surface area contributed by atoms with Gasteiger partial charge in [-0.1, -0.05) is 23.5 Å². The summed E-state index contributed by atoms with van der Waals surface area (Å²) in [6.45, 7) is 6.21. The first kappa shape index (κ1) is 9.34. The summed E-state index contributed by atoms with van der Waals surface area (Å²) in [5.41, 5.74) is 3.78. The zero-order valence-electron chi connectivity index (χ0n) is 8.53. The second-order valence-corrected chi connectivity index (χ2v) is 4.61. The van der Waals surface area contributed by atoms with E-state index in [0.29, 0.717) is 0 Å². The van der Waals surface area contributed by atoms with Crippen LogP contribution in [0.15, 0.2) is 18.2 Å². The molecule has 0 aliphatic heterocycles. The fourth-order valence-corrected chi connectivity index (χ4v) is 1.98. The molecule has 1 heterocycles. The van der Waals surface area contributed by atoms with Gasteiger partial charge in [0.2, 0.25) is 0 Å². The van der Waals surface area contributed by atoms with Gasteiger partial charge in [-0.3, -0.25) is 0 Å². The predicted molar refractivity (Wildman–Crippen MR) is 59.6 cm³/mol. The number of hydrogen-bond donors (Lipinski definition) is 0. The Balaban J connectivity index is 2.47. The van der Waals surface area contributed by atoms with Crippen molar-refractivity contribution in [2.75, 3.05) is 0 Å². The molecule has 14 heavy (non-hydrogen) atoms. The van der Waals surface area contributed by atoms with Crippen molar-refractivity contribution in [1.82, 2.24) is 10.2 Å². The Bertz CT molecular complexity index is 460. The Hall–Kier alpha value is -1.22. The number of nitrogens with zero attached hydrogens (tertiary/aromatic N) is 2. The molecule has 0 bridgehead atoms. The molecular formula is C11H12N2S. The second-order valence-electron chi connectivity index (χ2n) is 3.43. The predicted octanol–water partition coefficient (Wildman–Crippen LogP) is 3.13. The third-order valence-corrected chi connectivity index (χ3v) is 3.17. The first-order valence-corrected chi connectivity index (χ1v) is 5.36. The van der Waals surface area contributed by atoms with Crippen LogP contribution in [0, 0.1) is 20.8 Å². The highest BCUT2D eigenvalue weighted by Crippen LogP contribution is 2.24. The van der Waals surface area contributed by atoms with Crippen LogP contribution in [-0.2, 0) is 0 Å². The van der Waals surface area contributed by atoms with Crippen LogP contribution in [0.2, 0.25) is 0 Å². The summed E-state index contributed by atoms with van der Waals surface area (Å²) in [6.07, 6.45) is 0. The van der Waals surface area contributed by atoms with E-state index in [1.165, 1.54) is 16.7 Å². The number of rotatable bonds is 1. The fraction of sp³-hybridized carbons (Fsp3) is 0.273. The van der Waals surface area contributed by atoms with E-state index in [0.717, 1.165) is 10.0 Å². The quantitative estimate of drug-likeness (QED) is 0.713. The lowest BCUT2D eigenvalue weighted by Gasteiger charge is -2.01. The van der Waals surface area contributed by atoms with Gasteiger partial charge in [-0.2, -0.15) is 0 Å². The van der Waals surface area contributed by atoms with Crippen molar-refractivity contribution in [2.45, 2.75) is 20.8 Å². The Morgan fingerprint density at radius 3 is 2.36 bits per heavy atom. The molecule has 0 aliphatic rings. The first-order valence-electron chi connectivity index (χ1n) is 4.54. The minimum atomic E-state index is 1.01. The molecule has 0 spiro atoms. The summed E-state index contributed by atoms with van der Waals surface area (Å²) in [4.78, 5) is 0. The monoisotopic (exact) mass is 204 g/mol. The van der Waals surface area contributed by atoms with E-state index in [1.807, 2.05) is 6.92 Å². The maximum absolute atomic E-state index is 4.13. The van der Waals surface area contributed by atoms with Gasteiger partial charge in [-0.05, 0) is 38.0 Å². The lowest BCUT2D eigenvalue weighted by molar-refractivity contribution is 1.05. The minimum absolute atomic E-state index is 1.01. The zero-order chi connectivity index (χ0) is 10.1. The van der Waals surface area contributed by atoms with E-state index in [4.69, 9.17) is 0 Å². The zero-order valence-corrected chi connectivity index (χ0v) is 9.35. The Labute approximate surface area is 87.6 Å². The molecule has 0 aliphatic carbocycles. The molecule has 0 atom stereocenters. The number of benzene rings is 1. The standard InChI is InChI=1S/C11H12N2S/c1-7-4-5-10(6-8(7)2)11-13-12-9(3)14-11/h4-6H,1-3H3. The normalized spacial score (nSPS) is 10.5. The molecule has 2 nitrogen and oxygen atoms in total. The van der Waals surface area contributed by atoms with Crippen LogP contribution in [0.5, 0.6) is 0 Å². The summed E-state index contributed by atoms with van der Waals surface area (Å²) < 4.78 is 0. The van der Waals surface area contributed by atoms with E-state index < -0.39 is 0 Å². The van der Waals surface area contributed by atoms with Crippen molar-refractivity contribution in [2.24, 2.45) is 0 Å². The first-order chi connectivity index (χ1) is 6.66. The van der Waals surface area contributed by atoms with Crippen molar-refractivity contribution in [3.8, 4) is 10.6 Å². The van der Waals surface area contributed by atoms with Crippen molar-refractivity contribution < 1.29 is 0 Å². The fourth-order valence-electron chi connectivity index (χ4n) is 1.29. The number of hydrogen-bond acceptors (Lipinski definition) is 3. The molecular weight excluding hydrogens is 192 g/mol. The van der Waals surface area contributed by atoms with Gasteiger partial charge in [0.1, 0.15) is 10.0 Å². The summed E-state index contributed by atoms with van der Waals surface area (Å²) in [5, 5.41) is 10.2. The van der Waals surface area contributed by atoms with Gasteiger partial charge in [-0.25, -0.2) is 0 Å². The maximum Gasteiger partial charge on any atom is 0.147 e. The lowest BCUT2D eigenvalue weighted by Crippen LogP contribution is -1.82. The smallest absolute Gasteiger partial charge is 0.143 e. The van der Waals surface area contributed by atoms with Gasteiger partial charge in [0, 0.05) is 5.56 Å². The molecule has 0 radical (unpaired) electrons. The summed E-state index contributed by atoms with van der Waals surface area (Å²) in [6, 6.07) is 6.39. The average Bonchev–Trinajstić information content (AvgIpc) is 2.57. The molecule has 2 rings (SSSR count). The van der Waals surface area contributed by atoms with Crippen LogP contribution in [0.4, 0.5) is 0 Å². The number of aromatic nitrogens is 2. The maximum atomic E-state index is 4.13. The SMILES string of the molecule is Cc1nnc(-c2ccc(C)c(C)c2)s1. The van der Waals surface area contributed by atoms with E-state index in [-0.39, 0.29) is 0 Å². The molecule has 1 aromatic heterocycles. The van der Waals surface area contributed by atoms with Crippen LogP contribution in [0.3, 0.4) is 0 Å². The van der Waals surface area contributed by atoms with E-state index in [1.54, 1.807) is 11.3 Å². The van der Waals surface area contributed by atoms with Gasteiger partial charge in [-0.15, -0.1) is 10.2 Å². The summed E-state index contributed by atoms with van der Waals surface area (Å²) in [7, 11) is 0. The third-order valence-electron chi connectivity index (χ3n) is 2.28. The molecule has 0 unspecified atom stereocenters. The van der Waals surface area contributed by atoms with Crippen molar-refractivity contribution in [3.63, 3.8) is 0 Å². The van der Waals surface area contributed by atoms with Crippen LogP contribution in [-0.4, -0.2) is 10.2 Å². The highest BCUT2D eigenvalue weighted by atomic mass is 32.1. The van der Waals surface area contributed by atoms with Gasteiger partial charge in [0.15, 0.2) is 0 Å². The van der Waals surface area contributed by atoms with E-state index in [2.05, 4.69) is 42.2 Å². The van der Waals surface area contributed by atoms with E-state index in [9.17, 15) is 0 Å². The highest BCUT2D eigenvalue weighted by Gasteiger charge is 2.04. The molecule has 0 N–H and O–H groups in total. The van der Waals surface area contributed by atoms with Crippen LogP contribution >= 0.6 is 11.3 Å². The highest BCUT2D eigenvalue weighted by molar-refractivity contribution is 7.14. The molecule has 0 saturated carbocycles. The van der Waals surface area contributed by atoms with Gasteiger partial charge >= 0.3 is 0 Å². The molecule has 0 fully saturated rings. The third kappa shape index (κ3) is 1.68. The summed E-state index contributed by atoms with van der Waals surface area (Å²) in [5.74, 6) is 0. The van der Waals surface area contributed by atoms with Gasteiger partial charge in [0.25, 0.3) is 0 Å². The molecule has 1 aromatic carbocycles. The molecule has 2 aromatic rings. The largest absolute Gasteiger partial charge is 0.147 e. The van der Waals surface area contributed by atoms with Gasteiger partial charge < -0.3 is 0 Å². The lowest BCUT2D eigenvalue weighted by atomic mass is 10.1. The van der Waals surface area contributed by atoms with Gasteiger partial charge in [0.05, 0.1) is 0 Å². The second kappa shape index (κ2) is 3.50. The average molecular weight is 204 g/mol.